The summed E-state index contributed by atoms with van der Waals surface area (Å²) in [7, 11) is -3.16. The van der Waals surface area contributed by atoms with Gasteiger partial charge in [0.2, 0.25) is 10.0 Å². The van der Waals surface area contributed by atoms with Crippen LogP contribution in [-0.2, 0) is 10.0 Å². The van der Waals surface area contributed by atoms with Crippen LogP contribution in [0.15, 0.2) is 18.5 Å². The standard InChI is InChI=1S/C15H21N3O4S/c19-15(20)13-9-16-6-5-14(13)18-7-1-2-11(10-18)8-17-23(21,22)12-3-4-12/h5-6,9,11-12,17H,1-4,7-8,10H2,(H,19,20). The normalized spacial score (nSPS) is 22.1. The van der Waals surface area contributed by atoms with Crippen LogP contribution in [-0.4, -0.2) is 49.4 Å². The van der Waals surface area contributed by atoms with Gasteiger partial charge in [0, 0.05) is 32.0 Å². The number of nitrogens with one attached hydrogen (secondary N) is 1. The van der Waals surface area contributed by atoms with E-state index in [0.717, 1.165) is 32.2 Å². The number of carbonyl (C=O) groups is 1. The molecule has 7 nitrogen and oxygen atoms in total. The summed E-state index contributed by atoms with van der Waals surface area (Å²) < 4.78 is 26.6. The molecule has 2 aliphatic rings. The fourth-order valence-electron chi connectivity index (χ4n) is 3.01. The highest BCUT2D eigenvalue weighted by atomic mass is 32.2. The second-order valence-electron chi connectivity index (χ2n) is 6.25. The van der Waals surface area contributed by atoms with E-state index in [4.69, 9.17) is 0 Å². The smallest absolute Gasteiger partial charge is 0.339 e. The molecule has 8 heteroatoms. The Morgan fingerprint density at radius 3 is 2.87 bits per heavy atom. The summed E-state index contributed by atoms with van der Waals surface area (Å²) in [6, 6.07) is 1.71. The van der Waals surface area contributed by atoms with Gasteiger partial charge >= 0.3 is 5.97 Å². The second kappa shape index (κ2) is 6.45. The summed E-state index contributed by atoms with van der Waals surface area (Å²) in [6.07, 6.45) is 6.31. The Bertz CT molecular complexity index is 688. The van der Waals surface area contributed by atoms with Gasteiger partial charge in [-0.15, -0.1) is 0 Å². The number of carboxylic acids is 1. The Kier molecular flexibility index (Phi) is 4.54. The first-order valence-electron chi connectivity index (χ1n) is 7.88. The molecule has 2 N–H and O–H groups in total. The number of nitrogens with zero attached hydrogens (tertiary/aromatic N) is 2. The Labute approximate surface area is 135 Å². The highest BCUT2D eigenvalue weighted by Crippen LogP contribution is 2.29. The van der Waals surface area contributed by atoms with Gasteiger partial charge in [-0.3, -0.25) is 4.98 Å². The summed E-state index contributed by atoms with van der Waals surface area (Å²) >= 11 is 0. The lowest BCUT2D eigenvalue weighted by Gasteiger charge is -2.35. The summed E-state index contributed by atoms with van der Waals surface area (Å²) in [5, 5.41) is 9.07. The molecule has 2 fully saturated rings. The van der Waals surface area contributed by atoms with Crippen LogP contribution in [0.1, 0.15) is 36.0 Å². The molecule has 0 aromatic carbocycles. The molecular formula is C15H21N3O4S. The van der Waals surface area contributed by atoms with E-state index in [1.54, 1.807) is 12.3 Å². The van der Waals surface area contributed by atoms with E-state index in [-0.39, 0.29) is 16.7 Å². The van der Waals surface area contributed by atoms with E-state index in [2.05, 4.69) is 9.71 Å². The molecule has 1 unspecified atom stereocenters. The van der Waals surface area contributed by atoms with E-state index in [9.17, 15) is 18.3 Å². The van der Waals surface area contributed by atoms with Crippen molar-refractivity contribution in [2.24, 2.45) is 5.92 Å². The van der Waals surface area contributed by atoms with Gasteiger partial charge in [0.15, 0.2) is 0 Å². The quantitative estimate of drug-likeness (QED) is 0.804. The summed E-state index contributed by atoms with van der Waals surface area (Å²) in [5.74, 6) is -0.809. The van der Waals surface area contributed by atoms with Crippen LogP contribution < -0.4 is 9.62 Å². The largest absolute Gasteiger partial charge is 0.478 e. The number of aromatic nitrogens is 1. The van der Waals surface area contributed by atoms with Crippen molar-refractivity contribution >= 4 is 21.7 Å². The maximum Gasteiger partial charge on any atom is 0.339 e. The van der Waals surface area contributed by atoms with Crippen molar-refractivity contribution in [3.05, 3.63) is 24.0 Å². The predicted octanol–water partition coefficient (Wildman–Crippen LogP) is 1.08. The summed E-state index contributed by atoms with van der Waals surface area (Å²) in [6.45, 7) is 1.84. The summed E-state index contributed by atoms with van der Waals surface area (Å²) in [4.78, 5) is 17.2. The molecule has 2 heterocycles. The lowest BCUT2D eigenvalue weighted by atomic mass is 9.97. The van der Waals surface area contributed by atoms with Gasteiger partial charge in [0.25, 0.3) is 0 Å². The van der Waals surface area contributed by atoms with Gasteiger partial charge in [-0.2, -0.15) is 0 Å². The van der Waals surface area contributed by atoms with Gasteiger partial charge in [-0.25, -0.2) is 17.9 Å². The third kappa shape index (κ3) is 3.81. The maximum absolute atomic E-state index is 11.9. The van der Waals surface area contributed by atoms with Crippen LogP contribution in [0.3, 0.4) is 0 Å². The van der Waals surface area contributed by atoms with E-state index < -0.39 is 16.0 Å². The molecule has 23 heavy (non-hydrogen) atoms. The Hall–Kier alpha value is -1.67. The molecule has 0 spiro atoms. The predicted molar refractivity (Wildman–Crippen MR) is 86.1 cm³/mol. The Morgan fingerprint density at radius 2 is 2.17 bits per heavy atom. The minimum absolute atomic E-state index is 0.187. The zero-order chi connectivity index (χ0) is 16.4. The number of anilines is 1. The molecule has 3 rings (SSSR count). The first kappa shape index (κ1) is 16.2. The van der Waals surface area contributed by atoms with E-state index in [1.807, 2.05) is 4.90 Å². The lowest BCUT2D eigenvalue weighted by molar-refractivity contribution is 0.0697. The van der Waals surface area contributed by atoms with Crippen molar-refractivity contribution in [2.75, 3.05) is 24.5 Å². The molecular weight excluding hydrogens is 318 g/mol. The van der Waals surface area contributed by atoms with E-state index in [1.165, 1.54) is 6.20 Å². The van der Waals surface area contributed by atoms with Gasteiger partial charge in [-0.05, 0) is 37.7 Å². The van der Waals surface area contributed by atoms with Gasteiger partial charge in [-0.1, -0.05) is 0 Å². The maximum atomic E-state index is 11.9. The Balaban J connectivity index is 1.65. The molecule has 1 aromatic heterocycles. The average Bonchev–Trinajstić information content (AvgIpc) is 3.39. The van der Waals surface area contributed by atoms with E-state index in [0.29, 0.717) is 18.8 Å². The van der Waals surface area contributed by atoms with Crippen LogP contribution in [0.5, 0.6) is 0 Å². The molecule has 0 bridgehead atoms. The third-order valence-electron chi connectivity index (χ3n) is 4.42. The van der Waals surface area contributed by atoms with Gasteiger partial charge < -0.3 is 10.0 Å². The van der Waals surface area contributed by atoms with Crippen molar-refractivity contribution < 1.29 is 18.3 Å². The topological polar surface area (TPSA) is 99.6 Å². The first-order chi connectivity index (χ1) is 11.0. The molecule has 1 saturated carbocycles. The third-order valence-corrected chi connectivity index (χ3v) is 6.34. The van der Waals surface area contributed by atoms with E-state index >= 15 is 0 Å². The zero-order valence-corrected chi connectivity index (χ0v) is 13.6. The second-order valence-corrected chi connectivity index (χ2v) is 8.29. The highest BCUT2D eigenvalue weighted by Gasteiger charge is 2.36. The van der Waals surface area contributed by atoms with Gasteiger partial charge in [0.1, 0.15) is 5.56 Å². The lowest BCUT2D eigenvalue weighted by Crippen LogP contribution is -2.42. The molecule has 0 radical (unpaired) electrons. The summed E-state index contributed by atoms with van der Waals surface area (Å²) in [5.41, 5.74) is 0.842. The first-order valence-corrected chi connectivity index (χ1v) is 9.43. The minimum atomic E-state index is -3.16. The molecule has 1 aliphatic carbocycles. The highest BCUT2D eigenvalue weighted by molar-refractivity contribution is 7.90. The molecule has 0 amide bonds. The molecule has 1 atom stereocenters. The fourth-order valence-corrected chi connectivity index (χ4v) is 4.47. The van der Waals surface area contributed by atoms with Gasteiger partial charge in [0.05, 0.1) is 10.9 Å². The average molecular weight is 339 g/mol. The minimum Gasteiger partial charge on any atom is -0.478 e. The van der Waals surface area contributed by atoms with Crippen LogP contribution in [0.25, 0.3) is 0 Å². The number of aromatic carboxylic acids is 1. The van der Waals surface area contributed by atoms with Crippen molar-refractivity contribution in [2.45, 2.75) is 30.9 Å². The zero-order valence-electron chi connectivity index (χ0n) is 12.8. The number of carboxylic acid groups (broad SMARTS) is 1. The fraction of sp³-hybridized carbons (Fsp3) is 0.600. The van der Waals surface area contributed by atoms with Crippen molar-refractivity contribution in [3.8, 4) is 0 Å². The van der Waals surface area contributed by atoms with Crippen molar-refractivity contribution in [3.63, 3.8) is 0 Å². The monoisotopic (exact) mass is 339 g/mol. The molecule has 126 valence electrons. The van der Waals surface area contributed by atoms with Crippen LogP contribution in [0.2, 0.25) is 0 Å². The molecule has 1 saturated heterocycles. The Morgan fingerprint density at radius 1 is 1.39 bits per heavy atom. The SMILES string of the molecule is O=C(O)c1cnccc1N1CCCC(CNS(=O)(=O)C2CC2)C1. The van der Waals surface area contributed by atoms with Crippen molar-refractivity contribution in [1.29, 1.82) is 0 Å². The van der Waals surface area contributed by atoms with Crippen molar-refractivity contribution in [1.82, 2.24) is 9.71 Å². The number of hydrogen-bond donors (Lipinski definition) is 2. The number of sulfonamides is 1. The number of rotatable bonds is 6. The van der Waals surface area contributed by atoms with Crippen LogP contribution in [0.4, 0.5) is 5.69 Å². The molecule has 1 aromatic rings. The van der Waals surface area contributed by atoms with Crippen LogP contribution >= 0.6 is 0 Å². The number of hydrogen-bond acceptors (Lipinski definition) is 5. The molecule has 1 aliphatic heterocycles. The van der Waals surface area contributed by atoms with Crippen LogP contribution in [0, 0.1) is 5.92 Å². The number of pyridine rings is 1. The number of piperidine rings is 1.